The van der Waals surface area contributed by atoms with E-state index in [-0.39, 0.29) is 0 Å². The summed E-state index contributed by atoms with van der Waals surface area (Å²) in [7, 11) is 1.78. The van der Waals surface area contributed by atoms with Crippen molar-refractivity contribution >= 4 is 5.69 Å². The molecule has 0 saturated carbocycles. The van der Waals surface area contributed by atoms with Crippen molar-refractivity contribution < 1.29 is 4.74 Å². The molecule has 2 rings (SSSR count). The van der Waals surface area contributed by atoms with Gasteiger partial charge in [0, 0.05) is 38.3 Å². The molecule has 3 heteroatoms. The van der Waals surface area contributed by atoms with Crippen LogP contribution in [0.25, 0.3) is 0 Å². The molecule has 1 aromatic carbocycles. The van der Waals surface area contributed by atoms with Gasteiger partial charge in [-0.1, -0.05) is 12.1 Å². The lowest BCUT2D eigenvalue weighted by Gasteiger charge is -2.18. The average molecular weight is 220 g/mol. The van der Waals surface area contributed by atoms with Crippen molar-refractivity contribution in [2.75, 3.05) is 31.7 Å². The van der Waals surface area contributed by atoms with Crippen LogP contribution in [0.4, 0.5) is 5.69 Å². The highest BCUT2D eigenvalue weighted by molar-refractivity contribution is 5.48. The van der Waals surface area contributed by atoms with Gasteiger partial charge in [-0.25, -0.2) is 0 Å². The minimum Gasteiger partial charge on any atom is -0.384 e. The van der Waals surface area contributed by atoms with E-state index in [2.05, 4.69) is 29.2 Å². The Kier molecular flexibility index (Phi) is 3.80. The number of methoxy groups -OCH3 is 1. The maximum atomic E-state index is 5.58. The molecule has 1 heterocycles. The molecule has 1 atom stereocenters. The quantitative estimate of drug-likeness (QED) is 0.838. The van der Waals surface area contributed by atoms with Crippen LogP contribution in [-0.2, 0) is 11.3 Å². The number of anilines is 1. The molecule has 1 aliphatic heterocycles. The van der Waals surface area contributed by atoms with Gasteiger partial charge >= 0.3 is 0 Å². The summed E-state index contributed by atoms with van der Waals surface area (Å²) in [6.45, 7) is 3.73. The van der Waals surface area contributed by atoms with Gasteiger partial charge in [0.25, 0.3) is 0 Å². The van der Waals surface area contributed by atoms with Crippen LogP contribution in [-0.4, -0.2) is 26.8 Å². The largest absolute Gasteiger partial charge is 0.384 e. The summed E-state index contributed by atoms with van der Waals surface area (Å²) < 4.78 is 5.20. The average Bonchev–Trinajstić information content (AvgIpc) is 2.78. The van der Waals surface area contributed by atoms with Crippen LogP contribution in [0.15, 0.2) is 24.3 Å². The van der Waals surface area contributed by atoms with Crippen LogP contribution in [0.1, 0.15) is 12.0 Å². The second kappa shape index (κ2) is 5.32. The van der Waals surface area contributed by atoms with Gasteiger partial charge in [0.15, 0.2) is 0 Å². The Balaban J connectivity index is 1.97. The zero-order valence-corrected chi connectivity index (χ0v) is 9.86. The molecule has 1 aromatic rings. The fourth-order valence-electron chi connectivity index (χ4n) is 2.28. The number of hydrogen-bond acceptors (Lipinski definition) is 3. The molecule has 0 bridgehead atoms. The van der Waals surface area contributed by atoms with Crippen LogP contribution in [0.3, 0.4) is 0 Å². The van der Waals surface area contributed by atoms with Gasteiger partial charge < -0.3 is 15.4 Å². The van der Waals surface area contributed by atoms with E-state index < -0.39 is 0 Å². The number of rotatable bonds is 4. The zero-order chi connectivity index (χ0) is 11.4. The molecule has 0 radical (unpaired) electrons. The van der Waals surface area contributed by atoms with Gasteiger partial charge in [0.05, 0.1) is 6.61 Å². The van der Waals surface area contributed by atoms with E-state index in [1.54, 1.807) is 7.11 Å². The summed E-state index contributed by atoms with van der Waals surface area (Å²) in [6, 6.07) is 8.55. The highest BCUT2D eigenvalue weighted by Gasteiger charge is 2.22. The fraction of sp³-hybridized carbons (Fsp3) is 0.538. The van der Waals surface area contributed by atoms with E-state index in [4.69, 9.17) is 10.5 Å². The van der Waals surface area contributed by atoms with Gasteiger partial charge in [-0.15, -0.1) is 0 Å². The third-order valence-electron chi connectivity index (χ3n) is 3.23. The fourth-order valence-corrected chi connectivity index (χ4v) is 2.28. The van der Waals surface area contributed by atoms with Crippen LogP contribution in [0.2, 0.25) is 0 Å². The Morgan fingerprint density at radius 3 is 2.75 bits per heavy atom. The van der Waals surface area contributed by atoms with Crippen molar-refractivity contribution in [3.8, 4) is 0 Å². The first-order chi connectivity index (χ1) is 7.83. The standard InChI is InChI=1S/C13H20N2O/c1-16-10-12-6-7-15(9-12)13-4-2-11(8-14)3-5-13/h2-5,12H,6-10,14H2,1H3. The number of nitrogens with two attached hydrogens (primary N) is 1. The van der Waals surface area contributed by atoms with Crippen molar-refractivity contribution in [2.24, 2.45) is 11.7 Å². The van der Waals surface area contributed by atoms with E-state index >= 15 is 0 Å². The van der Waals surface area contributed by atoms with Gasteiger partial charge in [0.1, 0.15) is 0 Å². The lowest BCUT2D eigenvalue weighted by atomic mass is 10.1. The molecule has 88 valence electrons. The molecule has 0 amide bonds. The molecule has 1 unspecified atom stereocenters. The molecular formula is C13H20N2O. The number of hydrogen-bond donors (Lipinski definition) is 1. The first-order valence-electron chi connectivity index (χ1n) is 5.86. The Hall–Kier alpha value is -1.06. The molecular weight excluding hydrogens is 200 g/mol. The molecule has 1 fully saturated rings. The van der Waals surface area contributed by atoms with Crippen LogP contribution >= 0.6 is 0 Å². The first-order valence-corrected chi connectivity index (χ1v) is 5.86. The lowest BCUT2D eigenvalue weighted by Crippen LogP contribution is -2.20. The van der Waals surface area contributed by atoms with Gasteiger partial charge in [-0.3, -0.25) is 0 Å². The summed E-state index contributed by atoms with van der Waals surface area (Å²) >= 11 is 0. The second-order valence-electron chi connectivity index (χ2n) is 4.43. The minimum absolute atomic E-state index is 0.618. The third-order valence-corrected chi connectivity index (χ3v) is 3.23. The predicted molar refractivity (Wildman–Crippen MR) is 66.5 cm³/mol. The predicted octanol–water partition coefficient (Wildman–Crippen LogP) is 1.62. The molecule has 0 aromatic heterocycles. The highest BCUT2D eigenvalue weighted by Crippen LogP contribution is 2.24. The summed E-state index contributed by atoms with van der Waals surface area (Å²) in [4.78, 5) is 2.42. The van der Waals surface area contributed by atoms with E-state index in [1.165, 1.54) is 17.7 Å². The molecule has 2 N–H and O–H groups in total. The van der Waals surface area contributed by atoms with Crippen LogP contribution < -0.4 is 10.6 Å². The smallest absolute Gasteiger partial charge is 0.0508 e. The maximum Gasteiger partial charge on any atom is 0.0508 e. The molecule has 0 spiro atoms. The molecule has 1 saturated heterocycles. The maximum absolute atomic E-state index is 5.58. The minimum atomic E-state index is 0.618. The third kappa shape index (κ3) is 2.54. The SMILES string of the molecule is COCC1CCN(c2ccc(CN)cc2)C1. The van der Waals surface area contributed by atoms with E-state index in [0.29, 0.717) is 12.5 Å². The summed E-state index contributed by atoms with van der Waals surface area (Å²) in [5.74, 6) is 0.680. The number of benzene rings is 1. The van der Waals surface area contributed by atoms with E-state index in [9.17, 15) is 0 Å². The van der Waals surface area contributed by atoms with Gasteiger partial charge in [-0.2, -0.15) is 0 Å². The molecule has 3 nitrogen and oxygen atoms in total. The zero-order valence-electron chi connectivity index (χ0n) is 9.86. The van der Waals surface area contributed by atoms with Crippen molar-refractivity contribution in [3.05, 3.63) is 29.8 Å². The van der Waals surface area contributed by atoms with Crippen LogP contribution in [0, 0.1) is 5.92 Å². The Morgan fingerprint density at radius 2 is 2.12 bits per heavy atom. The monoisotopic (exact) mass is 220 g/mol. The van der Waals surface area contributed by atoms with E-state index in [0.717, 1.165) is 19.7 Å². The lowest BCUT2D eigenvalue weighted by molar-refractivity contribution is 0.161. The Labute approximate surface area is 97.2 Å². The molecule has 1 aliphatic rings. The highest BCUT2D eigenvalue weighted by atomic mass is 16.5. The van der Waals surface area contributed by atoms with E-state index in [1.807, 2.05) is 0 Å². The van der Waals surface area contributed by atoms with Crippen LogP contribution in [0.5, 0.6) is 0 Å². The summed E-state index contributed by atoms with van der Waals surface area (Å²) in [6.07, 6.45) is 1.23. The molecule has 0 aliphatic carbocycles. The first kappa shape index (κ1) is 11.4. The number of ether oxygens (including phenoxy) is 1. The van der Waals surface area contributed by atoms with Crippen molar-refractivity contribution in [2.45, 2.75) is 13.0 Å². The van der Waals surface area contributed by atoms with Crippen molar-refractivity contribution in [3.63, 3.8) is 0 Å². The molecule has 16 heavy (non-hydrogen) atoms. The second-order valence-corrected chi connectivity index (χ2v) is 4.43. The summed E-state index contributed by atoms with van der Waals surface area (Å²) in [5.41, 5.74) is 8.08. The van der Waals surface area contributed by atoms with Crippen molar-refractivity contribution in [1.29, 1.82) is 0 Å². The topological polar surface area (TPSA) is 38.5 Å². The Bertz CT molecular complexity index is 323. The Morgan fingerprint density at radius 1 is 1.38 bits per heavy atom. The van der Waals surface area contributed by atoms with Gasteiger partial charge in [-0.05, 0) is 24.1 Å². The normalized spacial score (nSPS) is 20.4. The van der Waals surface area contributed by atoms with Crippen molar-refractivity contribution in [1.82, 2.24) is 0 Å². The summed E-state index contributed by atoms with van der Waals surface area (Å²) in [5, 5.41) is 0. The number of nitrogens with zero attached hydrogens (tertiary/aromatic N) is 1. The van der Waals surface area contributed by atoms with Gasteiger partial charge in [0.2, 0.25) is 0 Å².